The summed E-state index contributed by atoms with van der Waals surface area (Å²) in [7, 11) is 0. The molecule has 4 N–H and O–H groups in total. The van der Waals surface area contributed by atoms with E-state index in [-0.39, 0.29) is 0 Å². The molecule has 0 radical (unpaired) electrons. The highest BCUT2D eigenvalue weighted by Crippen LogP contribution is 2.33. The van der Waals surface area contributed by atoms with Crippen LogP contribution in [0.4, 0.5) is 0 Å². The fraction of sp³-hybridized carbons (Fsp3) is 1.00. The molecule has 0 aliphatic carbocycles. The maximum absolute atomic E-state index is 10.2. The molecule has 0 heterocycles. The molecule has 0 fully saturated rings. The number of hydrogen-bond donors (Lipinski definition) is 4. The summed E-state index contributed by atoms with van der Waals surface area (Å²) in [5.41, 5.74) is -5.90. The van der Waals surface area contributed by atoms with Crippen LogP contribution in [0.2, 0.25) is 0 Å². The Bertz CT molecular complexity index is 220. The first-order chi connectivity index (χ1) is 7.49. The molecule has 0 aliphatic rings. The molecule has 0 amide bonds. The van der Waals surface area contributed by atoms with Crippen molar-refractivity contribution in [2.75, 3.05) is 0 Å². The Morgan fingerprint density at radius 2 is 0.556 bits per heavy atom. The molecule has 6 heteroatoms. The summed E-state index contributed by atoms with van der Waals surface area (Å²) in [5, 5.41) is 43.2. The van der Waals surface area contributed by atoms with Gasteiger partial charge in [-0.15, -0.1) is 0 Å². The van der Waals surface area contributed by atoms with E-state index in [1.165, 1.54) is 55.4 Å². The van der Waals surface area contributed by atoms with Gasteiger partial charge in [0.2, 0.25) is 0 Å². The molecule has 0 aliphatic heterocycles. The zero-order chi connectivity index (χ0) is 15.2. The third-order valence-electron chi connectivity index (χ3n) is 2.27. The Balaban J connectivity index is 5.84. The first-order valence-electron chi connectivity index (χ1n) is 5.99. The van der Waals surface area contributed by atoms with E-state index in [1.807, 2.05) is 0 Å². The number of nitrogens with zero attached hydrogens (tertiary/aromatic N) is 2. The maximum Gasteiger partial charge on any atom is 0.128 e. The van der Waals surface area contributed by atoms with Crippen LogP contribution in [0.5, 0.6) is 0 Å². The van der Waals surface area contributed by atoms with Crippen LogP contribution in [0.15, 0.2) is 0 Å². The Kier molecular flexibility index (Phi) is 4.64. The van der Waals surface area contributed by atoms with Crippen molar-refractivity contribution in [3.63, 3.8) is 0 Å². The molecule has 6 nitrogen and oxygen atoms in total. The smallest absolute Gasteiger partial charge is 0.128 e. The summed E-state index contributed by atoms with van der Waals surface area (Å²) in [5.74, 6) is 0. The maximum atomic E-state index is 10.2. The highest BCUT2D eigenvalue weighted by Gasteiger charge is 2.49. The van der Waals surface area contributed by atoms with Gasteiger partial charge in [0.25, 0.3) is 0 Å². The second-order valence-corrected chi connectivity index (χ2v) is 6.60. The third-order valence-corrected chi connectivity index (χ3v) is 2.27. The average molecular weight is 264 g/mol. The van der Waals surface area contributed by atoms with Crippen LogP contribution in [0.25, 0.3) is 0 Å². The molecule has 110 valence electrons. The molecule has 0 aromatic rings. The van der Waals surface area contributed by atoms with Crippen molar-refractivity contribution in [2.45, 2.75) is 78.3 Å². The van der Waals surface area contributed by atoms with Gasteiger partial charge in [-0.3, -0.25) is 0 Å². The summed E-state index contributed by atoms with van der Waals surface area (Å²) in [6.07, 6.45) is 0. The van der Waals surface area contributed by atoms with Gasteiger partial charge in [0, 0.05) is 0 Å². The van der Waals surface area contributed by atoms with Crippen LogP contribution in [0, 0.1) is 0 Å². The second-order valence-electron chi connectivity index (χ2n) is 6.60. The molecule has 0 spiro atoms. The number of aliphatic hydroxyl groups is 4. The molecule has 0 saturated heterocycles. The summed E-state index contributed by atoms with van der Waals surface area (Å²) in [6, 6.07) is 0. The lowest BCUT2D eigenvalue weighted by Crippen LogP contribution is -2.73. The minimum Gasteiger partial charge on any atom is -0.375 e. The average Bonchev–Trinajstić information content (AvgIpc) is 1.89. The molecular weight excluding hydrogens is 236 g/mol. The van der Waals surface area contributed by atoms with E-state index in [9.17, 15) is 20.4 Å². The Hall–Kier alpha value is -0.240. The van der Waals surface area contributed by atoms with Gasteiger partial charge in [-0.25, -0.2) is 0 Å². The van der Waals surface area contributed by atoms with E-state index in [0.29, 0.717) is 0 Å². The van der Waals surface area contributed by atoms with E-state index in [2.05, 4.69) is 0 Å². The van der Waals surface area contributed by atoms with Crippen LogP contribution in [0.1, 0.15) is 55.4 Å². The van der Waals surface area contributed by atoms with E-state index in [4.69, 9.17) is 0 Å². The minimum absolute atomic E-state index is 1.15. The first kappa shape index (κ1) is 17.8. The molecule has 0 atom stereocenters. The van der Waals surface area contributed by atoms with Gasteiger partial charge in [0.1, 0.15) is 22.9 Å². The summed E-state index contributed by atoms with van der Waals surface area (Å²) in [6.45, 7) is 11.7. The van der Waals surface area contributed by atoms with E-state index < -0.39 is 22.9 Å². The lowest BCUT2D eigenvalue weighted by molar-refractivity contribution is -0.395. The third kappa shape index (κ3) is 4.46. The van der Waals surface area contributed by atoms with Crippen LogP contribution in [0.3, 0.4) is 0 Å². The fourth-order valence-corrected chi connectivity index (χ4v) is 2.32. The molecule has 0 saturated carbocycles. The molecular formula is C12H28N2O4. The van der Waals surface area contributed by atoms with Crippen molar-refractivity contribution in [1.82, 2.24) is 10.0 Å². The van der Waals surface area contributed by atoms with Gasteiger partial charge >= 0.3 is 0 Å². The lowest BCUT2D eigenvalue weighted by Gasteiger charge is -2.56. The normalized spacial score (nSPS) is 15.7. The first-order valence-corrected chi connectivity index (χ1v) is 5.99. The zero-order valence-electron chi connectivity index (χ0n) is 12.7. The van der Waals surface area contributed by atoms with Crippen molar-refractivity contribution in [1.29, 1.82) is 0 Å². The van der Waals surface area contributed by atoms with Crippen LogP contribution in [-0.4, -0.2) is 53.3 Å². The van der Waals surface area contributed by atoms with E-state index in [1.54, 1.807) is 0 Å². The Morgan fingerprint density at radius 3 is 0.611 bits per heavy atom. The van der Waals surface area contributed by atoms with Gasteiger partial charge in [-0.05, 0) is 55.4 Å². The Morgan fingerprint density at radius 1 is 0.444 bits per heavy atom. The molecule has 0 aromatic carbocycles. The van der Waals surface area contributed by atoms with Crippen molar-refractivity contribution in [3.05, 3.63) is 0 Å². The van der Waals surface area contributed by atoms with Crippen LogP contribution < -0.4 is 0 Å². The predicted molar refractivity (Wildman–Crippen MR) is 68.9 cm³/mol. The number of rotatable bonds is 5. The van der Waals surface area contributed by atoms with Crippen molar-refractivity contribution in [3.8, 4) is 0 Å². The molecule has 0 unspecified atom stereocenters. The second kappa shape index (κ2) is 4.70. The standard InChI is InChI=1S/C12H28N2O4/c1-9(2,15)13(10(3,4)16)14(11(5,6)17)12(7,8)18/h15-18H,1-8H3. The molecule has 0 bridgehead atoms. The molecule has 18 heavy (non-hydrogen) atoms. The summed E-state index contributed by atoms with van der Waals surface area (Å²) >= 11 is 0. The van der Waals surface area contributed by atoms with Gasteiger partial charge in [-0.1, -0.05) is 0 Å². The van der Waals surface area contributed by atoms with Crippen molar-refractivity contribution in [2.24, 2.45) is 0 Å². The largest absolute Gasteiger partial charge is 0.375 e. The monoisotopic (exact) mass is 264 g/mol. The van der Waals surface area contributed by atoms with Gasteiger partial charge in [0.05, 0.1) is 0 Å². The highest BCUT2D eigenvalue weighted by atomic mass is 16.4. The summed E-state index contributed by atoms with van der Waals surface area (Å²) in [4.78, 5) is 0. The van der Waals surface area contributed by atoms with Crippen LogP contribution >= 0.6 is 0 Å². The fourth-order valence-electron chi connectivity index (χ4n) is 2.32. The summed E-state index contributed by atoms with van der Waals surface area (Å²) < 4.78 is 0. The van der Waals surface area contributed by atoms with E-state index >= 15 is 0 Å². The van der Waals surface area contributed by atoms with Crippen molar-refractivity contribution < 1.29 is 20.4 Å². The van der Waals surface area contributed by atoms with Gasteiger partial charge in [0.15, 0.2) is 0 Å². The van der Waals surface area contributed by atoms with Gasteiger partial charge in [-0.2, -0.15) is 10.0 Å². The molecule has 0 rings (SSSR count). The highest BCUT2D eigenvalue weighted by molar-refractivity contribution is 4.85. The lowest BCUT2D eigenvalue weighted by atomic mass is 10.1. The van der Waals surface area contributed by atoms with Crippen LogP contribution in [-0.2, 0) is 0 Å². The van der Waals surface area contributed by atoms with Gasteiger partial charge < -0.3 is 20.4 Å². The molecule has 0 aromatic heterocycles. The predicted octanol–water partition coefficient (Wildman–Crippen LogP) is 0.419. The van der Waals surface area contributed by atoms with Crippen molar-refractivity contribution >= 4 is 0 Å². The zero-order valence-corrected chi connectivity index (χ0v) is 12.7. The number of hydrogen-bond acceptors (Lipinski definition) is 6. The topological polar surface area (TPSA) is 87.4 Å². The quantitative estimate of drug-likeness (QED) is 0.425. The minimum atomic E-state index is -1.47. The number of hydrazine groups is 1. The Labute approximate surface area is 109 Å². The SMILES string of the molecule is CC(C)(O)N(N(C(C)(C)O)C(C)(C)O)C(C)(C)O. The van der Waals surface area contributed by atoms with E-state index in [0.717, 1.165) is 10.0 Å².